The van der Waals surface area contributed by atoms with Gasteiger partial charge in [-0.1, -0.05) is 39.8 Å². The van der Waals surface area contributed by atoms with Gasteiger partial charge in [-0.25, -0.2) is 4.98 Å². The van der Waals surface area contributed by atoms with Crippen molar-refractivity contribution < 1.29 is 4.79 Å². The van der Waals surface area contributed by atoms with Crippen molar-refractivity contribution in [2.24, 2.45) is 0 Å². The number of hydrogen-bond acceptors (Lipinski definition) is 5. The molecule has 0 bridgehead atoms. The van der Waals surface area contributed by atoms with Crippen molar-refractivity contribution in [2.45, 2.75) is 32.0 Å². The minimum atomic E-state index is -0.0533. The van der Waals surface area contributed by atoms with Gasteiger partial charge in [0.1, 0.15) is 5.82 Å². The van der Waals surface area contributed by atoms with Crippen LogP contribution in [0.25, 0.3) is 5.65 Å². The smallest absolute Gasteiger partial charge is 0.230 e. The zero-order chi connectivity index (χ0) is 18.0. The Kier molecular flexibility index (Phi) is 5.39. The Hall–Kier alpha value is -1.93. The Balaban J connectivity index is 1.63. The molecular formula is C17H18BrN5OS. The number of aryl methyl sites for hydroxylation is 2. The lowest BCUT2D eigenvalue weighted by molar-refractivity contribution is -0.119. The maximum absolute atomic E-state index is 12.2. The van der Waals surface area contributed by atoms with Crippen molar-refractivity contribution >= 4 is 39.2 Å². The first-order valence-electron chi connectivity index (χ1n) is 7.81. The molecule has 0 fully saturated rings. The molecule has 0 aliphatic rings. The molecule has 2 aromatic heterocycles. The molecule has 0 radical (unpaired) electrons. The maximum atomic E-state index is 12.2. The summed E-state index contributed by atoms with van der Waals surface area (Å²) in [6.07, 6.45) is 0. The molecule has 0 saturated carbocycles. The number of halogens is 1. The van der Waals surface area contributed by atoms with E-state index in [1.807, 2.05) is 55.5 Å². The Morgan fingerprint density at radius 1 is 1.28 bits per heavy atom. The van der Waals surface area contributed by atoms with Gasteiger partial charge in [-0.15, -0.1) is 10.2 Å². The summed E-state index contributed by atoms with van der Waals surface area (Å²) in [5.41, 5.74) is 2.70. The van der Waals surface area contributed by atoms with E-state index in [0.717, 1.165) is 27.2 Å². The predicted molar refractivity (Wildman–Crippen MR) is 102 cm³/mol. The first-order valence-corrected chi connectivity index (χ1v) is 9.59. The lowest BCUT2D eigenvalue weighted by atomic mass is 10.1. The molecular weight excluding hydrogens is 402 g/mol. The zero-order valence-electron chi connectivity index (χ0n) is 14.2. The monoisotopic (exact) mass is 419 g/mol. The number of benzene rings is 1. The number of carbonyl (C=O) groups is 1. The zero-order valence-corrected chi connectivity index (χ0v) is 16.6. The van der Waals surface area contributed by atoms with Crippen LogP contribution in [0.4, 0.5) is 0 Å². The molecule has 6 nitrogen and oxygen atoms in total. The fourth-order valence-corrected chi connectivity index (χ4v) is 3.61. The molecule has 130 valence electrons. The molecule has 1 amide bonds. The second kappa shape index (κ2) is 7.53. The molecule has 0 aliphatic heterocycles. The Morgan fingerprint density at radius 3 is 2.72 bits per heavy atom. The molecule has 1 unspecified atom stereocenters. The molecule has 1 atom stereocenters. The largest absolute Gasteiger partial charge is 0.349 e. The summed E-state index contributed by atoms with van der Waals surface area (Å²) in [5.74, 6) is 1.04. The van der Waals surface area contributed by atoms with Crippen LogP contribution >= 0.6 is 27.7 Å². The van der Waals surface area contributed by atoms with E-state index in [-0.39, 0.29) is 17.7 Å². The average Bonchev–Trinajstić information content (AvgIpc) is 2.96. The fourth-order valence-electron chi connectivity index (χ4n) is 2.54. The summed E-state index contributed by atoms with van der Waals surface area (Å²) in [6, 6.07) is 9.73. The highest BCUT2D eigenvalue weighted by Gasteiger charge is 2.14. The van der Waals surface area contributed by atoms with Crippen molar-refractivity contribution in [3.05, 3.63) is 51.9 Å². The molecule has 8 heteroatoms. The Labute approximate surface area is 158 Å². The predicted octanol–water partition coefficient (Wildman–Crippen LogP) is 3.47. The van der Waals surface area contributed by atoms with Crippen LogP contribution in [0.2, 0.25) is 0 Å². The van der Waals surface area contributed by atoms with Crippen LogP contribution in [-0.4, -0.2) is 31.2 Å². The van der Waals surface area contributed by atoms with Crippen LogP contribution in [0.1, 0.15) is 30.0 Å². The molecule has 25 heavy (non-hydrogen) atoms. The second-order valence-electron chi connectivity index (χ2n) is 5.75. The fraction of sp³-hybridized carbons (Fsp3) is 0.294. The standard InChI is InChI=1S/C17H18BrN5OS/c1-10-8-15-21-22-17(23(15)12(3)19-10)25-9-16(24)20-11(2)13-4-6-14(18)7-5-13/h4-8,11H,9H2,1-3H3,(H,20,24). The van der Waals surface area contributed by atoms with E-state index in [9.17, 15) is 4.79 Å². The Morgan fingerprint density at radius 2 is 2.00 bits per heavy atom. The lowest BCUT2D eigenvalue weighted by Gasteiger charge is -2.14. The number of nitrogens with zero attached hydrogens (tertiary/aromatic N) is 4. The van der Waals surface area contributed by atoms with Crippen molar-refractivity contribution in [1.29, 1.82) is 0 Å². The number of rotatable bonds is 5. The number of aromatic nitrogens is 4. The first-order chi connectivity index (χ1) is 11.9. The first kappa shape index (κ1) is 17.9. The number of nitrogens with one attached hydrogen (secondary N) is 1. The summed E-state index contributed by atoms with van der Waals surface area (Å²) in [7, 11) is 0. The summed E-state index contributed by atoms with van der Waals surface area (Å²) in [6.45, 7) is 5.80. The second-order valence-corrected chi connectivity index (χ2v) is 7.61. The van der Waals surface area contributed by atoms with Crippen LogP contribution in [0.15, 0.2) is 40.0 Å². The third-order valence-electron chi connectivity index (χ3n) is 3.74. The van der Waals surface area contributed by atoms with E-state index in [2.05, 4.69) is 36.4 Å². The highest BCUT2D eigenvalue weighted by atomic mass is 79.9. The molecule has 3 rings (SSSR count). The van der Waals surface area contributed by atoms with Gasteiger partial charge in [-0.2, -0.15) is 0 Å². The SMILES string of the molecule is Cc1cc2nnc(SCC(=O)NC(C)c3ccc(Br)cc3)n2c(C)n1. The van der Waals surface area contributed by atoms with Gasteiger partial charge in [0.05, 0.1) is 11.8 Å². The molecule has 2 heterocycles. The van der Waals surface area contributed by atoms with Crippen molar-refractivity contribution in [3.63, 3.8) is 0 Å². The third-order valence-corrected chi connectivity index (χ3v) is 5.20. The summed E-state index contributed by atoms with van der Waals surface area (Å²) < 4.78 is 2.88. The quantitative estimate of drug-likeness (QED) is 0.640. The molecule has 1 N–H and O–H groups in total. The van der Waals surface area contributed by atoms with Crippen molar-refractivity contribution in [3.8, 4) is 0 Å². The third kappa shape index (κ3) is 4.19. The molecule has 3 aromatic rings. The summed E-state index contributed by atoms with van der Waals surface area (Å²) in [4.78, 5) is 16.7. The van der Waals surface area contributed by atoms with Gasteiger partial charge in [-0.3, -0.25) is 9.20 Å². The number of amides is 1. The highest BCUT2D eigenvalue weighted by Crippen LogP contribution is 2.20. The van der Waals surface area contributed by atoms with Crippen LogP contribution in [0.3, 0.4) is 0 Å². The van der Waals surface area contributed by atoms with Gasteiger partial charge in [0.25, 0.3) is 0 Å². The normalized spacial score (nSPS) is 12.3. The van der Waals surface area contributed by atoms with Crippen molar-refractivity contribution in [2.75, 3.05) is 5.75 Å². The lowest BCUT2D eigenvalue weighted by Crippen LogP contribution is -2.28. The van der Waals surface area contributed by atoms with E-state index in [4.69, 9.17) is 0 Å². The highest BCUT2D eigenvalue weighted by molar-refractivity contribution is 9.10. The van der Waals surface area contributed by atoms with Crippen molar-refractivity contribution in [1.82, 2.24) is 24.9 Å². The van der Waals surface area contributed by atoms with Gasteiger partial charge in [0, 0.05) is 16.2 Å². The van der Waals surface area contributed by atoms with E-state index >= 15 is 0 Å². The van der Waals surface area contributed by atoms with Gasteiger partial charge < -0.3 is 5.32 Å². The minimum absolute atomic E-state index is 0.0464. The van der Waals surface area contributed by atoms with E-state index in [0.29, 0.717) is 5.16 Å². The van der Waals surface area contributed by atoms with E-state index in [1.54, 1.807) is 0 Å². The molecule has 0 saturated heterocycles. The van der Waals surface area contributed by atoms with Crippen LogP contribution in [-0.2, 0) is 4.79 Å². The van der Waals surface area contributed by atoms with Crippen LogP contribution in [0, 0.1) is 13.8 Å². The maximum Gasteiger partial charge on any atom is 0.230 e. The van der Waals surface area contributed by atoms with Crippen LogP contribution in [0.5, 0.6) is 0 Å². The Bertz CT molecular complexity index is 909. The van der Waals surface area contributed by atoms with E-state index in [1.165, 1.54) is 11.8 Å². The van der Waals surface area contributed by atoms with Gasteiger partial charge in [-0.05, 0) is 38.5 Å². The minimum Gasteiger partial charge on any atom is -0.349 e. The van der Waals surface area contributed by atoms with Gasteiger partial charge in [0.15, 0.2) is 10.8 Å². The summed E-state index contributed by atoms with van der Waals surface area (Å²) in [5, 5.41) is 12.0. The average molecular weight is 420 g/mol. The number of thioether (sulfide) groups is 1. The number of fused-ring (bicyclic) bond motifs is 1. The van der Waals surface area contributed by atoms with Gasteiger partial charge in [0.2, 0.25) is 5.91 Å². The number of carbonyl (C=O) groups excluding carboxylic acids is 1. The number of hydrogen-bond donors (Lipinski definition) is 1. The molecule has 1 aromatic carbocycles. The topological polar surface area (TPSA) is 72.2 Å². The molecule has 0 aliphatic carbocycles. The van der Waals surface area contributed by atoms with Crippen LogP contribution < -0.4 is 5.32 Å². The summed E-state index contributed by atoms with van der Waals surface area (Å²) >= 11 is 4.77. The molecule has 0 spiro atoms. The van der Waals surface area contributed by atoms with Gasteiger partial charge >= 0.3 is 0 Å². The van der Waals surface area contributed by atoms with E-state index < -0.39 is 0 Å².